The van der Waals surface area contributed by atoms with Crippen LogP contribution in [0.15, 0.2) is 22.7 Å². The molecule has 1 aliphatic carbocycles. The van der Waals surface area contributed by atoms with Crippen LogP contribution in [-0.2, 0) is 10.2 Å². The van der Waals surface area contributed by atoms with Crippen molar-refractivity contribution in [3.05, 3.63) is 28.2 Å². The number of carboxylic acid groups (broad SMARTS) is 1. The van der Waals surface area contributed by atoms with Gasteiger partial charge in [-0.2, -0.15) is 0 Å². The van der Waals surface area contributed by atoms with E-state index in [9.17, 15) is 9.90 Å². The van der Waals surface area contributed by atoms with Crippen LogP contribution in [0, 0.1) is 0 Å². The lowest BCUT2D eigenvalue weighted by molar-refractivity contribution is -0.139. The molecule has 1 fully saturated rings. The molecule has 2 N–H and O–H groups in total. The first-order valence-corrected chi connectivity index (χ1v) is 6.04. The van der Waals surface area contributed by atoms with Crippen LogP contribution in [0.4, 0.5) is 0 Å². The number of rotatable bonds is 3. The highest BCUT2D eigenvalue weighted by atomic mass is 79.9. The lowest BCUT2D eigenvalue weighted by atomic mass is 9.62. The maximum atomic E-state index is 10.9. The van der Waals surface area contributed by atoms with Gasteiger partial charge in [0.25, 0.3) is 0 Å². The van der Waals surface area contributed by atoms with Crippen molar-refractivity contribution < 1.29 is 15.0 Å². The fraction of sp³-hybridized carbons (Fsp3) is 0.417. The molecule has 0 unspecified atom stereocenters. The Morgan fingerprint density at radius 1 is 1.44 bits per heavy atom. The number of benzene rings is 1. The summed E-state index contributed by atoms with van der Waals surface area (Å²) in [6, 6.07) is 5.29. The summed E-state index contributed by atoms with van der Waals surface area (Å²) < 4.78 is 0.804. The number of carboxylic acids is 1. The molecular formula is C12H13BrO3. The van der Waals surface area contributed by atoms with E-state index < -0.39 is 5.97 Å². The summed E-state index contributed by atoms with van der Waals surface area (Å²) in [5.74, 6) is -0.614. The molecule has 0 radical (unpaired) electrons. The third kappa shape index (κ3) is 1.94. The zero-order valence-corrected chi connectivity index (χ0v) is 10.3. The summed E-state index contributed by atoms with van der Waals surface area (Å²) in [5.41, 5.74) is 0.417. The van der Waals surface area contributed by atoms with Crippen LogP contribution in [-0.4, -0.2) is 16.2 Å². The molecule has 1 aromatic rings. The number of phenols is 1. The molecule has 86 valence electrons. The van der Waals surface area contributed by atoms with Crippen LogP contribution in [0.25, 0.3) is 0 Å². The number of hydrogen-bond acceptors (Lipinski definition) is 2. The van der Waals surface area contributed by atoms with Gasteiger partial charge >= 0.3 is 5.97 Å². The molecule has 3 nitrogen and oxygen atoms in total. The molecule has 0 aromatic heterocycles. The van der Waals surface area contributed by atoms with E-state index in [1.165, 1.54) is 0 Å². The van der Waals surface area contributed by atoms with Crippen LogP contribution in [0.3, 0.4) is 0 Å². The highest BCUT2D eigenvalue weighted by Gasteiger charge is 2.42. The van der Waals surface area contributed by atoms with Gasteiger partial charge in [0.15, 0.2) is 0 Å². The fourth-order valence-electron chi connectivity index (χ4n) is 2.39. The van der Waals surface area contributed by atoms with E-state index >= 15 is 0 Å². The molecule has 4 heteroatoms. The summed E-state index contributed by atoms with van der Waals surface area (Å²) in [6.45, 7) is 0. The summed E-state index contributed by atoms with van der Waals surface area (Å²) >= 11 is 3.28. The summed E-state index contributed by atoms with van der Waals surface area (Å²) in [5, 5.41) is 18.8. The van der Waals surface area contributed by atoms with E-state index in [0.717, 1.165) is 29.3 Å². The summed E-state index contributed by atoms with van der Waals surface area (Å²) in [4.78, 5) is 10.9. The monoisotopic (exact) mass is 284 g/mol. The van der Waals surface area contributed by atoms with Crippen molar-refractivity contribution in [1.29, 1.82) is 0 Å². The van der Waals surface area contributed by atoms with Crippen LogP contribution in [0.1, 0.15) is 31.2 Å². The van der Waals surface area contributed by atoms with Crippen LogP contribution < -0.4 is 0 Å². The molecule has 0 bridgehead atoms. The largest absolute Gasteiger partial charge is 0.508 e. The number of carbonyl (C=O) groups is 1. The minimum absolute atomic E-state index is 0.0994. The van der Waals surface area contributed by atoms with Crippen LogP contribution in [0.2, 0.25) is 0 Å². The Balaban J connectivity index is 2.36. The second-order valence-corrected chi connectivity index (χ2v) is 5.28. The van der Waals surface area contributed by atoms with Crippen molar-refractivity contribution in [2.75, 3.05) is 0 Å². The molecule has 16 heavy (non-hydrogen) atoms. The molecule has 1 aliphatic rings. The molecule has 1 saturated carbocycles. The van der Waals surface area contributed by atoms with E-state index in [0.29, 0.717) is 0 Å². The fourth-order valence-corrected chi connectivity index (χ4v) is 2.74. The minimum atomic E-state index is -0.804. The number of halogens is 1. The topological polar surface area (TPSA) is 57.5 Å². The van der Waals surface area contributed by atoms with E-state index in [-0.39, 0.29) is 17.6 Å². The molecule has 0 aliphatic heterocycles. The Hall–Kier alpha value is -1.03. The molecule has 0 amide bonds. The van der Waals surface area contributed by atoms with Crippen molar-refractivity contribution >= 4 is 21.9 Å². The van der Waals surface area contributed by atoms with Gasteiger partial charge in [0.05, 0.1) is 6.42 Å². The average Bonchev–Trinajstić information content (AvgIpc) is 2.12. The number of hydrogen-bond donors (Lipinski definition) is 2. The van der Waals surface area contributed by atoms with E-state index in [2.05, 4.69) is 15.9 Å². The number of aliphatic carboxylic acids is 1. The first-order valence-electron chi connectivity index (χ1n) is 5.24. The first-order chi connectivity index (χ1) is 7.53. The van der Waals surface area contributed by atoms with Gasteiger partial charge in [0.2, 0.25) is 0 Å². The zero-order valence-electron chi connectivity index (χ0n) is 8.74. The van der Waals surface area contributed by atoms with Crippen LogP contribution >= 0.6 is 15.9 Å². The second-order valence-electron chi connectivity index (χ2n) is 4.37. The van der Waals surface area contributed by atoms with Gasteiger partial charge < -0.3 is 10.2 Å². The lowest BCUT2D eigenvalue weighted by Gasteiger charge is -2.41. The van der Waals surface area contributed by atoms with E-state index in [1.807, 2.05) is 12.1 Å². The molecule has 0 spiro atoms. The molecule has 1 aromatic carbocycles. The average molecular weight is 285 g/mol. The number of phenolic OH excluding ortho intramolecular Hbond substituents is 1. The van der Waals surface area contributed by atoms with Gasteiger partial charge in [-0.25, -0.2) is 0 Å². The van der Waals surface area contributed by atoms with Crippen molar-refractivity contribution in [3.63, 3.8) is 0 Å². The van der Waals surface area contributed by atoms with Gasteiger partial charge in [-0.15, -0.1) is 0 Å². The van der Waals surface area contributed by atoms with Crippen molar-refractivity contribution in [3.8, 4) is 5.75 Å². The van der Waals surface area contributed by atoms with Gasteiger partial charge in [-0.1, -0.05) is 28.4 Å². The lowest BCUT2D eigenvalue weighted by Crippen LogP contribution is -2.36. The first kappa shape index (κ1) is 11.5. The van der Waals surface area contributed by atoms with Gasteiger partial charge in [0.1, 0.15) is 5.75 Å². The molecular weight excluding hydrogens is 272 g/mol. The molecule has 0 atom stereocenters. The predicted octanol–water partition coefficient (Wildman–Crippen LogP) is 3.05. The maximum Gasteiger partial charge on any atom is 0.304 e. The second kappa shape index (κ2) is 4.09. The van der Waals surface area contributed by atoms with Crippen molar-refractivity contribution in [2.45, 2.75) is 31.1 Å². The van der Waals surface area contributed by atoms with Gasteiger partial charge in [0, 0.05) is 15.5 Å². The smallest absolute Gasteiger partial charge is 0.304 e. The third-order valence-electron chi connectivity index (χ3n) is 3.33. The van der Waals surface area contributed by atoms with E-state index in [4.69, 9.17) is 5.11 Å². The summed E-state index contributed by atoms with van der Waals surface area (Å²) in [6.07, 6.45) is 2.81. The van der Waals surface area contributed by atoms with Crippen LogP contribution in [0.5, 0.6) is 5.75 Å². The predicted molar refractivity (Wildman–Crippen MR) is 63.6 cm³/mol. The zero-order chi connectivity index (χ0) is 11.8. The molecule has 0 saturated heterocycles. The Bertz CT molecular complexity index is 424. The Morgan fingerprint density at radius 3 is 2.56 bits per heavy atom. The number of aromatic hydroxyl groups is 1. The van der Waals surface area contributed by atoms with E-state index in [1.54, 1.807) is 6.07 Å². The Kier molecular flexibility index (Phi) is 2.93. The maximum absolute atomic E-state index is 10.9. The Morgan fingerprint density at radius 2 is 2.12 bits per heavy atom. The SMILES string of the molecule is O=C(O)CC1(c2ccc(Br)cc2O)CCC1. The quantitative estimate of drug-likeness (QED) is 0.897. The normalized spacial score (nSPS) is 17.8. The molecule has 0 heterocycles. The standard InChI is InChI=1S/C12H13BrO3/c13-8-2-3-9(10(14)6-8)12(4-1-5-12)7-11(15)16/h2-3,6,14H,1,4-5,7H2,(H,15,16). The highest BCUT2D eigenvalue weighted by Crippen LogP contribution is 2.49. The van der Waals surface area contributed by atoms with Crippen molar-refractivity contribution in [2.24, 2.45) is 0 Å². The third-order valence-corrected chi connectivity index (χ3v) is 3.82. The summed E-state index contributed by atoms with van der Waals surface area (Å²) in [7, 11) is 0. The van der Waals surface area contributed by atoms with Crippen molar-refractivity contribution in [1.82, 2.24) is 0 Å². The van der Waals surface area contributed by atoms with Gasteiger partial charge in [-0.3, -0.25) is 4.79 Å². The molecule has 2 rings (SSSR count). The van der Waals surface area contributed by atoms with Gasteiger partial charge in [-0.05, 0) is 25.0 Å². The minimum Gasteiger partial charge on any atom is -0.508 e. The highest BCUT2D eigenvalue weighted by molar-refractivity contribution is 9.10. The Labute approximate surface area is 102 Å².